The number of hydrogen-bond donors (Lipinski definition) is 1. The predicted octanol–water partition coefficient (Wildman–Crippen LogP) is 6.34. The Bertz CT molecular complexity index is 1340. The molecule has 1 aliphatic rings. The lowest BCUT2D eigenvalue weighted by Crippen LogP contribution is -2.50. The first kappa shape index (κ1) is 22.7. The number of para-hydroxylation sites is 1. The number of halogens is 1. The largest absolute Gasteiger partial charge is 0.457 e. The Morgan fingerprint density at radius 1 is 0.771 bits per heavy atom. The van der Waals surface area contributed by atoms with E-state index in [0.717, 1.165) is 16.9 Å². The molecule has 0 saturated heterocycles. The minimum atomic E-state index is -0.645. The summed E-state index contributed by atoms with van der Waals surface area (Å²) in [4.78, 5) is 28.5. The fraction of sp³-hybridized carbons (Fsp3) is 0.103. The molecule has 5 nitrogen and oxygen atoms in total. The Hall–Kier alpha value is -4.09. The Morgan fingerprint density at radius 3 is 2.11 bits per heavy atom. The van der Waals surface area contributed by atoms with Crippen molar-refractivity contribution in [2.75, 3.05) is 5.32 Å². The number of ether oxygens (including phenoxy) is 1. The molecule has 0 spiro atoms. The van der Waals surface area contributed by atoms with Crippen molar-refractivity contribution in [3.63, 3.8) is 0 Å². The van der Waals surface area contributed by atoms with Crippen molar-refractivity contribution in [1.29, 1.82) is 0 Å². The molecule has 0 bridgehead atoms. The molecule has 4 aromatic carbocycles. The van der Waals surface area contributed by atoms with E-state index in [0.29, 0.717) is 35.0 Å². The first-order chi connectivity index (χ1) is 17.1. The zero-order chi connectivity index (χ0) is 24.2. The van der Waals surface area contributed by atoms with Crippen LogP contribution in [0.4, 0.5) is 5.69 Å². The molecule has 0 unspecified atom stereocenters. The monoisotopic (exact) mass is 482 g/mol. The second-order valence-corrected chi connectivity index (χ2v) is 8.79. The minimum Gasteiger partial charge on any atom is -0.457 e. The van der Waals surface area contributed by atoms with E-state index in [1.165, 1.54) is 0 Å². The lowest BCUT2D eigenvalue weighted by Gasteiger charge is -2.36. The van der Waals surface area contributed by atoms with E-state index in [1.54, 1.807) is 53.4 Å². The highest BCUT2D eigenvalue weighted by molar-refractivity contribution is 6.30. The highest BCUT2D eigenvalue weighted by atomic mass is 35.5. The van der Waals surface area contributed by atoms with Gasteiger partial charge in [0.05, 0.1) is 0 Å². The number of hydrogen-bond acceptors (Lipinski definition) is 3. The zero-order valence-corrected chi connectivity index (χ0v) is 19.6. The highest BCUT2D eigenvalue weighted by Crippen LogP contribution is 2.27. The maximum atomic E-state index is 13.6. The second kappa shape index (κ2) is 10.0. The molecule has 0 fully saturated rings. The van der Waals surface area contributed by atoms with E-state index in [2.05, 4.69) is 5.32 Å². The third-order valence-corrected chi connectivity index (χ3v) is 6.26. The summed E-state index contributed by atoms with van der Waals surface area (Å²) in [6.45, 7) is 0.357. The molecule has 6 heteroatoms. The summed E-state index contributed by atoms with van der Waals surface area (Å²) in [5, 5.41) is 3.52. The van der Waals surface area contributed by atoms with Gasteiger partial charge in [0.2, 0.25) is 5.91 Å². The summed E-state index contributed by atoms with van der Waals surface area (Å²) in [6.07, 6.45) is 0.441. The molecule has 0 radical (unpaired) electrons. The number of fused-ring (bicyclic) bond motifs is 1. The molecule has 1 atom stereocenters. The lowest BCUT2D eigenvalue weighted by atomic mass is 9.92. The first-order valence-electron chi connectivity index (χ1n) is 11.3. The van der Waals surface area contributed by atoms with Crippen molar-refractivity contribution in [3.8, 4) is 11.5 Å². The number of amides is 2. The third kappa shape index (κ3) is 5.20. The summed E-state index contributed by atoms with van der Waals surface area (Å²) in [6, 6.07) is 30.6. The average Bonchev–Trinajstić information content (AvgIpc) is 2.90. The molecule has 5 rings (SSSR count). The standard InChI is InChI=1S/C29H23ClN2O3/c30-23-12-14-24(15-13-23)31-28(33)27-18-21-6-4-5-7-22(21)19-32(27)29(34)20-10-16-26(17-11-20)35-25-8-2-1-3-9-25/h1-17,27H,18-19H2,(H,31,33)/t27-/m1/s1. The van der Waals surface area contributed by atoms with Gasteiger partial charge < -0.3 is 15.0 Å². The second-order valence-electron chi connectivity index (χ2n) is 8.36. The molecular formula is C29H23ClN2O3. The maximum Gasteiger partial charge on any atom is 0.254 e. The lowest BCUT2D eigenvalue weighted by molar-refractivity contribution is -0.121. The molecular weight excluding hydrogens is 460 g/mol. The SMILES string of the molecule is O=C(Nc1ccc(Cl)cc1)[C@H]1Cc2ccccc2CN1C(=O)c1ccc(Oc2ccccc2)cc1. The van der Waals surface area contributed by atoms with Crippen molar-refractivity contribution in [2.45, 2.75) is 19.0 Å². The molecule has 35 heavy (non-hydrogen) atoms. The van der Waals surface area contributed by atoms with Gasteiger partial charge in [-0.1, -0.05) is 54.1 Å². The van der Waals surface area contributed by atoms with E-state index in [4.69, 9.17) is 16.3 Å². The van der Waals surface area contributed by atoms with Crippen LogP contribution in [0.5, 0.6) is 11.5 Å². The van der Waals surface area contributed by atoms with Crippen LogP contribution in [0, 0.1) is 0 Å². The summed E-state index contributed by atoms with van der Waals surface area (Å²) < 4.78 is 5.84. The topological polar surface area (TPSA) is 58.6 Å². The van der Waals surface area contributed by atoms with Gasteiger partial charge in [-0.15, -0.1) is 0 Å². The summed E-state index contributed by atoms with van der Waals surface area (Å²) >= 11 is 5.97. The number of nitrogens with zero attached hydrogens (tertiary/aromatic N) is 1. The Morgan fingerprint density at radius 2 is 1.40 bits per heavy atom. The van der Waals surface area contributed by atoms with E-state index >= 15 is 0 Å². The first-order valence-corrected chi connectivity index (χ1v) is 11.7. The van der Waals surface area contributed by atoms with Crippen molar-refractivity contribution < 1.29 is 14.3 Å². The Kier molecular flexibility index (Phi) is 6.51. The molecule has 174 valence electrons. The van der Waals surface area contributed by atoms with Gasteiger partial charge in [-0.25, -0.2) is 0 Å². The van der Waals surface area contributed by atoms with Crippen LogP contribution >= 0.6 is 11.6 Å². The van der Waals surface area contributed by atoms with Crippen LogP contribution in [-0.2, 0) is 17.8 Å². The zero-order valence-electron chi connectivity index (χ0n) is 18.9. The van der Waals surface area contributed by atoms with E-state index in [1.807, 2.05) is 54.6 Å². The van der Waals surface area contributed by atoms with Crippen molar-refractivity contribution in [3.05, 3.63) is 125 Å². The van der Waals surface area contributed by atoms with Gasteiger partial charge in [0.1, 0.15) is 17.5 Å². The fourth-order valence-corrected chi connectivity index (χ4v) is 4.31. The molecule has 2 amide bonds. The Balaban J connectivity index is 1.38. The summed E-state index contributed by atoms with van der Waals surface area (Å²) in [5.74, 6) is 0.910. The Labute approximate surface area is 208 Å². The van der Waals surface area contributed by atoms with E-state index < -0.39 is 6.04 Å². The number of anilines is 1. The molecule has 0 aromatic heterocycles. The van der Waals surface area contributed by atoms with Gasteiger partial charge in [-0.3, -0.25) is 9.59 Å². The smallest absolute Gasteiger partial charge is 0.254 e. The molecule has 1 N–H and O–H groups in total. The maximum absolute atomic E-state index is 13.6. The van der Waals surface area contributed by atoms with Gasteiger partial charge in [0.15, 0.2) is 0 Å². The van der Waals surface area contributed by atoms with Crippen molar-refractivity contribution >= 4 is 29.1 Å². The van der Waals surface area contributed by atoms with Crippen LogP contribution in [0.1, 0.15) is 21.5 Å². The van der Waals surface area contributed by atoms with E-state index in [9.17, 15) is 9.59 Å². The van der Waals surface area contributed by atoms with Crippen LogP contribution in [0.15, 0.2) is 103 Å². The molecule has 4 aromatic rings. The van der Waals surface area contributed by atoms with Crippen LogP contribution < -0.4 is 10.1 Å². The number of carbonyl (C=O) groups excluding carboxylic acids is 2. The summed E-state index contributed by atoms with van der Waals surface area (Å²) in [5.41, 5.74) is 3.24. The highest BCUT2D eigenvalue weighted by Gasteiger charge is 2.35. The number of carbonyl (C=O) groups is 2. The van der Waals surface area contributed by atoms with Crippen LogP contribution in [0.25, 0.3) is 0 Å². The molecule has 1 heterocycles. The van der Waals surface area contributed by atoms with Crippen LogP contribution in [0.2, 0.25) is 5.02 Å². The number of nitrogens with one attached hydrogen (secondary N) is 1. The van der Waals surface area contributed by atoms with Crippen molar-refractivity contribution in [2.24, 2.45) is 0 Å². The average molecular weight is 483 g/mol. The summed E-state index contributed by atoms with van der Waals surface area (Å²) in [7, 11) is 0. The van der Waals surface area contributed by atoms with Crippen LogP contribution in [0.3, 0.4) is 0 Å². The molecule has 0 saturated carbocycles. The van der Waals surface area contributed by atoms with Gasteiger partial charge in [0.25, 0.3) is 5.91 Å². The quantitative estimate of drug-likeness (QED) is 0.361. The molecule has 0 aliphatic carbocycles. The van der Waals surface area contributed by atoms with Gasteiger partial charge in [0, 0.05) is 29.2 Å². The molecule has 1 aliphatic heterocycles. The number of rotatable bonds is 5. The predicted molar refractivity (Wildman–Crippen MR) is 137 cm³/mol. The van der Waals surface area contributed by atoms with Gasteiger partial charge in [-0.05, 0) is 71.8 Å². The number of benzene rings is 4. The fourth-order valence-electron chi connectivity index (χ4n) is 4.19. The van der Waals surface area contributed by atoms with Crippen molar-refractivity contribution in [1.82, 2.24) is 4.90 Å². The third-order valence-electron chi connectivity index (χ3n) is 6.00. The van der Waals surface area contributed by atoms with E-state index in [-0.39, 0.29) is 11.8 Å². The van der Waals surface area contributed by atoms with Gasteiger partial charge in [-0.2, -0.15) is 0 Å². The normalized spacial score (nSPS) is 14.7. The minimum absolute atomic E-state index is 0.206. The van der Waals surface area contributed by atoms with Gasteiger partial charge >= 0.3 is 0 Å². The van der Waals surface area contributed by atoms with Crippen LogP contribution in [-0.4, -0.2) is 22.8 Å².